The van der Waals surface area contributed by atoms with Crippen LogP contribution in [0.3, 0.4) is 0 Å². The van der Waals surface area contributed by atoms with Gasteiger partial charge in [0.2, 0.25) is 0 Å². The molecule has 4 atom stereocenters. The number of aliphatic hydroxyl groups excluding tert-OH is 3. The van der Waals surface area contributed by atoms with Crippen LogP contribution in [-0.2, 0) is 4.74 Å². The fourth-order valence-electron chi connectivity index (χ4n) is 1.95. The zero-order chi connectivity index (χ0) is 15.6. The van der Waals surface area contributed by atoms with Gasteiger partial charge in [-0.05, 0) is 6.07 Å². The van der Waals surface area contributed by atoms with E-state index in [4.69, 9.17) is 9.84 Å². The molecule has 0 saturated carbocycles. The van der Waals surface area contributed by atoms with Crippen molar-refractivity contribution in [2.45, 2.75) is 24.5 Å². The third-order valence-electron chi connectivity index (χ3n) is 3.03. The highest BCUT2D eigenvalue weighted by Gasteiger charge is 2.43. The highest BCUT2D eigenvalue weighted by atomic mass is 16.6. The predicted molar refractivity (Wildman–Crippen MR) is 73.3 cm³/mol. The maximum atomic E-state index is 11.9. The molecule has 1 aliphatic rings. The Balaban J connectivity index is 2.24. The summed E-state index contributed by atoms with van der Waals surface area (Å²) < 4.78 is 6.32. The molecule has 0 aromatic carbocycles. The van der Waals surface area contributed by atoms with Crippen molar-refractivity contribution in [1.29, 1.82) is 0 Å². The minimum absolute atomic E-state index is 0.219. The predicted octanol–water partition coefficient (Wildman–Crippen LogP) is -1.92. The molecule has 1 saturated heterocycles. The van der Waals surface area contributed by atoms with E-state index in [1.165, 1.54) is 18.6 Å². The van der Waals surface area contributed by atoms with Crippen molar-refractivity contribution in [2.75, 3.05) is 20.7 Å². The Morgan fingerprint density at radius 2 is 2.19 bits per heavy atom. The quantitative estimate of drug-likeness (QED) is 0.437. The average Bonchev–Trinajstić information content (AvgIpc) is 2.73. The molecule has 1 aromatic heterocycles. The number of ether oxygens (including phenoxy) is 1. The molecule has 0 radical (unpaired) electrons. The van der Waals surface area contributed by atoms with E-state index in [0.29, 0.717) is 0 Å². The SMILES string of the molecule is CN(C)C=Nc1ccn([C@@H]2O[C@H](CO)C(O)C2O)c(=O)n1. The van der Waals surface area contributed by atoms with E-state index in [1.54, 1.807) is 19.0 Å². The molecule has 0 amide bonds. The lowest BCUT2D eigenvalue weighted by molar-refractivity contribution is -0.0549. The van der Waals surface area contributed by atoms with Gasteiger partial charge in [-0.25, -0.2) is 9.79 Å². The van der Waals surface area contributed by atoms with E-state index in [9.17, 15) is 15.0 Å². The second-order valence-corrected chi connectivity index (χ2v) is 4.91. The van der Waals surface area contributed by atoms with Gasteiger partial charge in [-0.3, -0.25) is 4.57 Å². The normalized spacial score (nSPS) is 29.2. The summed E-state index contributed by atoms with van der Waals surface area (Å²) in [6, 6.07) is 1.48. The highest BCUT2D eigenvalue weighted by molar-refractivity contribution is 5.58. The van der Waals surface area contributed by atoms with Crippen LogP contribution in [-0.4, -0.2) is 75.1 Å². The summed E-state index contributed by atoms with van der Waals surface area (Å²) in [7, 11) is 3.56. The first-order valence-corrected chi connectivity index (χ1v) is 6.36. The number of hydrogen-bond acceptors (Lipinski definition) is 7. The lowest BCUT2D eigenvalue weighted by atomic mass is 10.1. The largest absolute Gasteiger partial charge is 0.394 e. The number of aromatic nitrogens is 2. The second kappa shape index (κ2) is 6.31. The molecule has 1 fully saturated rings. The van der Waals surface area contributed by atoms with Gasteiger partial charge < -0.3 is 25.0 Å². The third-order valence-corrected chi connectivity index (χ3v) is 3.03. The van der Waals surface area contributed by atoms with Crippen LogP contribution in [0.25, 0.3) is 0 Å². The first-order chi connectivity index (χ1) is 9.93. The molecule has 2 rings (SSSR count). The molecular weight excluding hydrogens is 280 g/mol. The Hall–Kier alpha value is -1.81. The summed E-state index contributed by atoms with van der Waals surface area (Å²) in [4.78, 5) is 21.4. The zero-order valence-electron chi connectivity index (χ0n) is 11.7. The second-order valence-electron chi connectivity index (χ2n) is 4.91. The molecule has 2 heterocycles. The van der Waals surface area contributed by atoms with E-state index >= 15 is 0 Å². The summed E-state index contributed by atoms with van der Waals surface area (Å²) >= 11 is 0. The van der Waals surface area contributed by atoms with Gasteiger partial charge in [0.15, 0.2) is 12.0 Å². The zero-order valence-corrected chi connectivity index (χ0v) is 11.7. The molecule has 0 bridgehead atoms. The fourth-order valence-corrected chi connectivity index (χ4v) is 1.95. The standard InChI is InChI=1S/C12H18N4O5/c1-15(2)6-13-8-3-4-16(12(20)14-8)11-10(19)9(18)7(5-17)21-11/h3-4,6-7,9-11,17-19H,5H2,1-2H3/t7-,9?,10?,11-/m1/s1. The van der Waals surface area contributed by atoms with Crippen LogP contribution in [0.5, 0.6) is 0 Å². The lowest BCUT2D eigenvalue weighted by Crippen LogP contribution is -2.35. The maximum Gasteiger partial charge on any atom is 0.351 e. The minimum Gasteiger partial charge on any atom is -0.394 e. The van der Waals surface area contributed by atoms with E-state index in [1.807, 2.05) is 0 Å². The van der Waals surface area contributed by atoms with Crippen molar-refractivity contribution in [3.05, 3.63) is 22.7 Å². The third kappa shape index (κ3) is 3.27. The molecule has 0 spiro atoms. The van der Waals surface area contributed by atoms with Crippen molar-refractivity contribution in [1.82, 2.24) is 14.5 Å². The van der Waals surface area contributed by atoms with Crippen molar-refractivity contribution >= 4 is 12.2 Å². The number of hydrogen-bond donors (Lipinski definition) is 3. The van der Waals surface area contributed by atoms with Gasteiger partial charge in [0.05, 0.1) is 12.9 Å². The summed E-state index contributed by atoms with van der Waals surface area (Å²) in [6.07, 6.45) is -1.75. The Labute approximate surface area is 120 Å². The fraction of sp³-hybridized carbons (Fsp3) is 0.583. The summed E-state index contributed by atoms with van der Waals surface area (Å²) in [5.41, 5.74) is -0.668. The Morgan fingerprint density at radius 3 is 2.71 bits per heavy atom. The molecule has 9 nitrogen and oxygen atoms in total. The van der Waals surface area contributed by atoms with Gasteiger partial charge in [0.1, 0.15) is 18.3 Å². The van der Waals surface area contributed by atoms with E-state index in [0.717, 1.165) is 4.57 Å². The first kappa shape index (κ1) is 15.6. The van der Waals surface area contributed by atoms with Gasteiger partial charge >= 0.3 is 5.69 Å². The Bertz CT molecular complexity index is 573. The molecular formula is C12H18N4O5. The maximum absolute atomic E-state index is 11.9. The van der Waals surface area contributed by atoms with Crippen LogP contribution < -0.4 is 5.69 Å². The van der Waals surface area contributed by atoms with Crippen LogP contribution in [0.2, 0.25) is 0 Å². The number of nitrogens with zero attached hydrogens (tertiary/aromatic N) is 4. The monoisotopic (exact) mass is 298 g/mol. The Morgan fingerprint density at radius 1 is 1.48 bits per heavy atom. The van der Waals surface area contributed by atoms with Crippen LogP contribution in [0.1, 0.15) is 6.23 Å². The van der Waals surface area contributed by atoms with Gasteiger partial charge in [-0.2, -0.15) is 4.98 Å². The summed E-state index contributed by atoms with van der Waals surface area (Å²) in [5.74, 6) is 0.219. The molecule has 0 aliphatic carbocycles. The van der Waals surface area contributed by atoms with Crippen LogP contribution in [0, 0.1) is 0 Å². The topological polar surface area (TPSA) is 120 Å². The molecule has 21 heavy (non-hydrogen) atoms. The van der Waals surface area contributed by atoms with Crippen molar-refractivity contribution in [2.24, 2.45) is 4.99 Å². The van der Waals surface area contributed by atoms with Crippen LogP contribution >= 0.6 is 0 Å². The lowest BCUT2D eigenvalue weighted by Gasteiger charge is -2.16. The number of aliphatic imine (C=N–C) groups is 1. The van der Waals surface area contributed by atoms with Gasteiger partial charge in [0.25, 0.3) is 0 Å². The van der Waals surface area contributed by atoms with Crippen molar-refractivity contribution < 1.29 is 20.1 Å². The van der Waals surface area contributed by atoms with E-state index in [-0.39, 0.29) is 5.82 Å². The van der Waals surface area contributed by atoms with Crippen molar-refractivity contribution in [3.8, 4) is 0 Å². The molecule has 116 valence electrons. The van der Waals surface area contributed by atoms with Crippen LogP contribution in [0.4, 0.5) is 5.82 Å². The summed E-state index contributed by atoms with van der Waals surface area (Å²) in [6.45, 7) is -0.456. The molecule has 1 aromatic rings. The van der Waals surface area contributed by atoms with Crippen molar-refractivity contribution in [3.63, 3.8) is 0 Å². The highest BCUT2D eigenvalue weighted by Crippen LogP contribution is 2.28. The smallest absolute Gasteiger partial charge is 0.351 e. The van der Waals surface area contributed by atoms with Gasteiger partial charge in [-0.1, -0.05) is 0 Å². The number of aliphatic hydroxyl groups is 3. The van der Waals surface area contributed by atoms with Crippen LogP contribution in [0.15, 0.2) is 22.1 Å². The van der Waals surface area contributed by atoms with Gasteiger partial charge in [0, 0.05) is 20.3 Å². The number of rotatable bonds is 4. The van der Waals surface area contributed by atoms with Gasteiger partial charge in [-0.15, -0.1) is 0 Å². The van der Waals surface area contributed by atoms with E-state index < -0.39 is 36.8 Å². The minimum atomic E-state index is -1.32. The molecule has 1 aliphatic heterocycles. The summed E-state index contributed by atoms with van der Waals surface area (Å²) in [5, 5.41) is 28.6. The van der Waals surface area contributed by atoms with E-state index in [2.05, 4.69) is 9.98 Å². The molecule has 9 heteroatoms. The Kier molecular flexibility index (Phi) is 4.68. The molecule has 2 unspecified atom stereocenters. The molecule has 3 N–H and O–H groups in total. The average molecular weight is 298 g/mol. The first-order valence-electron chi connectivity index (χ1n) is 6.36.